The van der Waals surface area contributed by atoms with Gasteiger partial charge in [-0.15, -0.1) is 0 Å². The molecule has 156 valence electrons. The summed E-state index contributed by atoms with van der Waals surface area (Å²) < 4.78 is 7.58. The molecule has 1 saturated carbocycles. The number of ether oxygens (including phenoxy) is 1. The molecule has 2 aromatic carbocycles. The summed E-state index contributed by atoms with van der Waals surface area (Å²) in [6.45, 7) is 4.79. The van der Waals surface area contributed by atoms with Crippen LogP contribution in [0.25, 0.3) is 10.9 Å². The highest BCUT2D eigenvalue weighted by Gasteiger charge is 2.23. The van der Waals surface area contributed by atoms with Gasteiger partial charge in [0, 0.05) is 34.8 Å². The van der Waals surface area contributed by atoms with Crippen molar-refractivity contribution in [2.45, 2.75) is 39.2 Å². The van der Waals surface area contributed by atoms with E-state index in [1.165, 1.54) is 12.8 Å². The lowest BCUT2D eigenvalue weighted by Crippen LogP contribution is -2.22. The monoisotopic (exact) mass is 424 g/mol. The molecular formula is C24H25ClN2O3. The Morgan fingerprint density at radius 3 is 2.57 bits per heavy atom. The van der Waals surface area contributed by atoms with Gasteiger partial charge in [0.15, 0.2) is 6.61 Å². The first-order chi connectivity index (χ1) is 14.4. The quantitative estimate of drug-likeness (QED) is 0.566. The van der Waals surface area contributed by atoms with E-state index in [9.17, 15) is 9.59 Å². The van der Waals surface area contributed by atoms with E-state index in [2.05, 4.69) is 19.2 Å². The molecule has 1 heterocycles. The van der Waals surface area contributed by atoms with Crippen LogP contribution >= 0.6 is 11.6 Å². The maximum Gasteiger partial charge on any atom is 0.262 e. The van der Waals surface area contributed by atoms with Gasteiger partial charge in [0.2, 0.25) is 0 Å². The molecule has 0 spiro atoms. The van der Waals surface area contributed by atoms with Crippen molar-refractivity contribution in [2.24, 2.45) is 5.92 Å². The van der Waals surface area contributed by atoms with Gasteiger partial charge < -0.3 is 14.6 Å². The van der Waals surface area contributed by atoms with Gasteiger partial charge in [-0.2, -0.15) is 0 Å². The Bertz CT molecular complexity index is 1130. The standard InChI is InChI=1S/C24H25ClN2O3/c1-15(2)21-12-24(29)27(13-16-3-4-16)22-11-19(9-10-20(21)22)30-14-23(28)26-18-7-5-17(25)6-8-18/h5-12,15-16H,3-4,13-14H2,1-2H3,(H,26,28). The Labute approximate surface area is 180 Å². The lowest BCUT2D eigenvalue weighted by Gasteiger charge is -2.16. The predicted molar refractivity (Wildman–Crippen MR) is 121 cm³/mol. The summed E-state index contributed by atoms with van der Waals surface area (Å²) in [5, 5.41) is 4.45. The van der Waals surface area contributed by atoms with E-state index in [0.717, 1.165) is 23.0 Å². The number of nitrogens with one attached hydrogen (secondary N) is 1. The van der Waals surface area contributed by atoms with Crippen LogP contribution in [0.5, 0.6) is 5.75 Å². The van der Waals surface area contributed by atoms with Gasteiger partial charge in [0.25, 0.3) is 11.5 Å². The Hall–Kier alpha value is -2.79. The fourth-order valence-corrected chi connectivity index (χ4v) is 3.71. The average molecular weight is 425 g/mol. The maximum absolute atomic E-state index is 12.8. The number of aromatic nitrogens is 1. The molecule has 1 aliphatic rings. The van der Waals surface area contributed by atoms with Gasteiger partial charge in [-0.3, -0.25) is 9.59 Å². The van der Waals surface area contributed by atoms with Gasteiger partial charge in [0.1, 0.15) is 5.75 Å². The number of anilines is 1. The highest BCUT2D eigenvalue weighted by Crippen LogP contribution is 2.33. The van der Waals surface area contributed by atoms with E-state index < -0.39 is 0 Å². The van der Waals surface area contributed by atoms with Crippen molar-refractivity contribution in [1.82, 2.24) is 4.57 Å². The molecule has 30 heavy (non-hydrogen) atoms. The largest absolute Gasteiger partial charge is 0.484 e. The predicted octanol–water partition coefficient (Wildman–Crippen LogP) is 5.21. The number of pyridine rings is 1. The number of hydrogen-bond acceptors (Lipinski definition) is 3. The topological polar surface area (TPSA) is 60.3 Å². The molecule has 0 bridgehead atoms. The van der Waals surface area contributed by atoms with Crippen molar-refractivity contribution in [1.29, 1.82) is 0 Å². The van der Waals surface area contributed by atoms with Gasteiger partial charge in [-0.05, 0) is 66.6 Å². The molecule has 0 radical (unpaired) electrons. The van der Waals surface area contributed by atoms with Crippen LogP contribution in [0, 0.1) is 5.92 Å². The average Bonchev–Trinajstić information content (AvgIpc) is 3.54. The van der Waals surface area contributed by atoms with E-state index in [4.69, 9.17) is 16.3 Å². The molecule has 3 aromatic rings. The lowest BCUT2D eigenvalue weighted by atomic mass is 9.98. The zero-order chi connectivity index (χ0) is 21.3. The molecule has 1 aliphatic carbocycles. The number of amides is 1. The van der Waals surface area contributed by atoms with Gasteiger partial charge in [-0.25, -0.2) is 0 Å². The summed E-state index contributed by atoms with van der Waals surface area (Å²) in [7, 11) is 0. The van der Waals surface area contributed by atoms with Crippen LogP contribution in [-0.2, 0) is 11.3 Å². The second-order valence-electron chi connectivity index (χ2n) is 8.17. The molecule has 0 aliphatic heterocycles. The van der Waals surface area contributed by atoms with E-state index in [1.54, 1.807) is 30.3 Å². The third-order valence-electron chi connectivity index (χ3n) is 5.37. The van der Waals surface area contributed by atoms with Crippen LogP contribution in [0.4, 0.5) is 5.69 Å². The van der Waals surface area contributed by atoms with E-state index in [-0.39, 0.29) is 24.0 Å². The summed E-state index contributed by atoms with van der Waals surface area (Å²) in [4.78, 5) is 25.0. The van der Waals surface area contributed by atoms with E-state index in [1.807, 2.05) is 22.8 Å². The molecular weight excluding hydrogens is 400 g/mol. The Morgan fingerprint density at radius 1 is 1.17 bits per heavy atom. The van der Waals surface area contributed by atoms with Crippen LogP contribution in [-0.4, -0.2) is 17.1 Å². The van der Waals surface area contributed by atoms with Crippen molar-refractivity contribution in [3.05, 3.63) is 69.5 Å². The van der Waals surface area contributed by atoms with Crippen molar-refractivity contribution >= 4 is 34.1 Å². The third kappa shape index (κ3) is 4.68. The fourth-order valence-electron chi connectivity index (χ4n) is 3.58. The number of carbonyl (C=O) groups is 1. The summed E-state index contributed by atoms with van der Waals surface area (Å²) >= 11 is 5.87. The van der Waals surface area contributed by atoms with Gasteiger partial charge >= 0.3 is 0 Å². The summed E-state index contributed by atoms with van der Waals surface area (Å²) in [5.41, 5.74) is 2.59. The van der Waals surface area contributed by atoms with Crippen molar-refractivity contribution in [2.75, 3.05) is 11.9 Å². The highest BCUT2D eigenvalue weighted by atomic mass is 35.5. The van der Waals surface area contributed by atoms with E-state index in [0.29, 0.717) is 22.4 Å². The number of nitrogens with zero attached hydrogens (tertiary/aromatic N) is 1. The second-order valence-corrected chi connectivity index (χ2v) is 8.61. The number of carbonyl (C=O) groups excluding carboxylic acids is 1. The molecule has 0 unspecified atom stereocenters. The molecule has 6 heteroatoms. The SMILES string of the molecule is CC(C)c1cc(=O)n(CC2CC2)c2cc(OCC(=O)Nc3ccc(Cl)cc3)ccc12. The van der Waals surface area contributed by atoms with Crippen molar-refractivity contribution < 1.29 is 9.53 Å². The minimum atomic E-state index is -0.260. The molecule has 1 N–H and O–H groups in total. The molecule has 4 rings (SSSR count). The smallest absolute Gasteiger partial charge is 0.262 e. The van der Waals surface area contributed by atoms with E-state index >= 15 is 0 Å². The Balaban J connectivity index is 1.56. The van der Waals surface area contributed by atoms with Crippen molar-refractivity contribution in [3.8, 4) is 5.75 Å². The zero-order valence-corrected chi connectivity index (χ0v) is 17.9. The highest BCUT2D eigenvalue weighted by molar-refractivity contribution is 6.30. The minimum absolute atomic E-state index is 0.0238. The molecule has 1 amide bonds. The molecule has 1 aromatic heterocycles. The number of benzene rings is 2. The van der Waals surface area contributed by atoms with Gasteiger partial charge in [-0.1, -0.05) is 25.4 Å². The fraction of sp³-hybridized carbons (Fsp3) is 0.333. The lowest BCUT2D eigenvalue weighted by molar-refractivity contribution is -0.118. The first-order valence-electron chi connectivity index (χ1n) is 10.3. The summed E-state index contributed by atoms with van der Waals surface area (Å²) in [6.07, 6.45) is 2.34. The van der Waals surface area contributed by atoms with Crippen LogP contribution < -0.4 is 15.6 Å². The molecule has 1 fully saturated rings. The van der Waals surface area contributed by atoms with Crippen LogP contribution in [0.15, 0.2) is 53.3 Å². The number of fused-ring (bicyclic) bond motifs is 1. The Morgan fingerprint density at radius 2 is 1.90 bits per heavy atom. The Kier molecular flexibility index (Phi) is 5.82. The number of hydrogen-bond donors (Lipinski definition) is 1. The summed E-state index contributed by atoms with van der Waals surface area (Å²) in [5.74, 6) is 1.13. The summed E-state index contributed by atoms with van der Waals surface area (Å²) in [6, 6.07) is 14.4. The maximum atomic E-state index is 12.8. The minimum Gasteiger partial charge on any atom is -0.484 e. The second kappa shape index (κ2) is 8.52. The van der Waals surface area contributed by atoms with Crippen LogP contribution in [0.3, 0.4) is 0 Å². The normalized spacial score (nSPS) is 13.6. The van der Waals surface area contributed by atoms with Crippen LogP contribution in [0.2, 0.25) is 5.02 Å². The van der Waals surface area contributed by atoms with Gasteiger partial charge in [0.05, 0.1) is 5.52 Å². The van der Waals surface area contributed by atoms with Crippen LogP contribution in [0.1, 0.15) is 38.2 Å². The van der Waals surface area contributed by atoms with Crippen molar-refractivity contribution in [3.63, 3.8) is 0 Å². The molecule has 0 saturated heterocycles. The third-order valence-corrected chi connectivity index (χ3v) is 5.63. The first kappa shape index (κ1) is 20.5. The number of halogens is 1. The molecule has 0 atom stereocenters. The zero-order valence-electron chi connectivity index (χ0n) is 17.2. The first-order valence-corrected chi connectivity index (χ1v) is 10.6. The molecule has 5 nitrogen and oxygen atoms in total. The number of rotatable bonds is 7.